The molecule has 0 heterocycles. The maximum atomic E-state index is 13.7. The summed E-state index contributed by atoms with van der Waals surface area (Å²) in [7, 11) is 0. The maximum absolute atomic E-state index is 13.7. The second kappa shape index (κ2) is 8.88. The van der Waals surface area contributed by atoms with Gasteiger partial charge in [0.25, 0.3) is 0 Å². The molecule has 0 spiro atoms. The van der Waals surface area contributed by atoms with Crippen molar-refractivity contribution in [3.8, 4) is 5.75 Å². The van der Waals surface area contributed by atoms with Gasteiger partial charge in [-0.2, -0.15) is 0 Å². The van der Waals surface area contributed by atoms with Gasteiger partial charge < -0.3 is 15.2 Å². The van der Waals surface area contributed by atoms with Crippen LogP contribution in [-0.4, -0.2) is 24.9 Å². The summed E-state index contributed by atoms with van der Waals surface area (Å²) in [6.45, 7) is 6.43. The van der Waals surface area contributed by atoms with Gasteiger partial charge >= 0.3 is 0 Å². The third-order valence-electron chi connectivity index (χ3n) is 2.69. The Morgan fingerprint density at radius 2 is 2.11 bits per heavy atom. The quantitative estimate of drug-likeness (QED) is 0.677. The van der Waals surface area contributed by atoms with E-state index in [1.165, 1.54) is 6.07 Å². The van der Waals surface area contributed by atoms with Crippen molar-refractivity contribution < 1.29 is 14.2 Å². The van der Waals surface area contributed by atoms with Crippen LogP contribution in [0, 0.1) is 11.7 Å². The summed E-state index contributed by atoms with van der Waals surface area (Å²) in [4.78, 5) is 0. The number of aliphatic hydroxyl groups is 1. The number of aliphatic hydroxyl groups excluding tert-OH is 1. The zero-order valence-corrected chi connectivity index (χ0v) is 11.8. The number of unbranched alkanes of at least 4 members (excludes halogenated alkanes) is 1. The van der Waals surface area contributed by atoms with E-state index in [9.17, 15) is 4.39 Å². The van der Waals surface area contributed by atoms with Crippen LogP contribution < -0.4 is 10.1 Å². The molecule has 0 radical (unpaired) electrons. The van der Waals surface area contributed by atoms with Gasteiger partial charge in [0.1, 0.15) is 0 Å². The Bertz CT molecular complexity index is 369. The molecule has 108 valence electrons. The molecule has 3 nitrogen and oxygen atoms in total. The van der Waals surface area contributed by atoms with E-state index < -0.39 is 0 Å². The first kappa shape index (κ1) is 15.9. The molecule has 0 saturated heterocycles. The molecular weight excluding hydrogens is 245 g/mol. The fourth-order valence-electron chi connectivity index (χ4n) is 1.67. The average molecular weight is 269 g/mol. The molecule has 1 rings (SSSR count). The highest BCUT2D eigenvalue weighted by atomic mass is 19.1. The van der Waals surface area contributed by atoms with Gasteiger partial charge in [0.15, 0.2) is 11.6 Å². The molecule has 0 atom stereocenters. The number of nitrogens with one attached hydrogen (secondary N) is 1. The van der Waals surface area contributed by atoms with E-state index >= 15 is 0 Å². The van der Waals surface area contributed by atoms with Crippen molar-refractivity contribution in [2.24, 2.45) is 5.92 Å². The zero-order chi connectivity index (χ0) is 14.1. The highest BCUT2D eigenvalue weighted by Crippen LogP contribution is 2.18. The van der Waals surface area contributed by atoms with Crippen LogP contribution in [-0.2, 0) is 6.54 Å². The predicted molar refractivity (Wildman–Crippen MR) is 74.8 cm³/mol. The minimum Gasteiger partial charge on any atom is -0.491 e. The van der Waals surface area contributed by atoms with Crippen LogP contribution in [0.1, 0.15) is 32.3 Å². The Labute approximate surface area is 114 Å². The highest BCUT2D eigenvalue weighted by molar-refractivity contribution is 5.29. The number of rotatable bonds is 9. The topological polar surface area (TPSA) is 41.5 Å². The largest absolute Gasteiger partial charge is 0.491 e. The van der Waals surface area contributed by atoms with Crippen molar-refractivity contribution in [1.29, 1.82) is 0 Å². The number of benzene rings is 1. The van der Waals surface area contributed by atoms with Gasteiger partial charge in [0, 0.05) is 13.2 Å². The van der Waals surface area contributed by atoms with E-state index in [2.05, 4.69) is 19.2 Å². The summed E-state index contributed by atoms with van der Waals surface area (Å²) < 4.78 is 19.1. The van der Waals surface area contributed by atoms with Gasteiger partial charge in [-0.15, -0.1) is 0 Å². The summed E-state index contributed by atoms with van der Waals surface area (Å²) >= 11 is 0. The Hall–Kier alpha value is -1.13. The van der Waals surface area contributed by atoms with Crippen LogP contribution in [0.4, 0.5) is 4.39 Å². The Morgan fingerprint density at radius 1 is 1.32 bits per heavy atom. The summed E-state index contributed by atoms with van der Waals surface area (Å²) in [5.41, 5.74) is 0.917. The number of ether oxygens (including phenoxy) is 1. The van der Waals surface area contributed by atoms with Crippen LogP contribution in [0.5, 0.6) is 5.75 Å². The first-order chi connectivity index (χ1) is 9.13. The fraction of sp³-hybridized carbons (Fsp3) is 0.600. The molecule has 0 aliphatic carbocycles. The van der Waals surface area contributed by atoms with Crippen LogP contribution >= 0.6 is 0 Å². The molecule has 1 aromatic carbocycles. The monoisotopic (exact) mass is 269 g/mol. The molecule has 1 aromatic rings. The molecule has 0 fully saturated rings. The SMILES string of the molecule is CC(C)CNCc1ccc(OCCCCO)c(F)c1. The minimum absolute atomic E-state index is 0.145. The van der Waals surface area contributed by atoms with Gasteiger partial charge in [-0.25, -0.2) is 4.39 Å². The molecule has 0 aromatic heterocycles. The predicted octanol–water partition coefficient (Wildman–Crippen LogP) is 2.72. The van der Waals surface area contributed by atoms with Gasteiger partial charge in [0.05, 0.1) is 6.61 Å². The molecule has 0 bridgehead atoms. The van der Waals surface area contributed by atoms with E-state index in [1.54, 1.807) is 6.07 Å². The van der Waals surface area contributed by atoms with Crippen molar-refractivity contribution in [2.75, 3.05) is 19.8 Å². The second-order valence-electron chi connectivity index (χ2n) is 5.07. The molecule has 4 heteroatoms. The lowest BCUT2D eigenvalue weighted by Crippen LogP contribution is -2.19. The lowest BCUT2D eigenvalue weighted by molar-refractivity contribution is 0.248. The lowest BCUT2D eigenvalue weighted by Gasteiger charge is -2.10. The Morgan fingerprint density at radius 3 is 2.74 bits per heavy atom. The molecular formula is C15H24FNO2. The lowest BCUT2D eigenvalue weighted by atomic mass is 10.2. The summed E-state index contributed by atoms with van der Waals surface area (Å²) in [5, 5.41) is 11.9. The van der Waals surface area contributed by atoms with Gasteiger partial charge in [-0.05, 0) is 43.0 Å². The maximum Gasteiger partial charge on any atom is 0.165 e. The van der Waals surface area contributed by atoms with E-state index in [1.807, 2.05) is 6.07 Å². The molecule has 2 N–H and O–H groups in total. The average Bonchev–Trinajstić information content (AvgIpc) is 2.36. The molecule has 19 heavy (non-hydrogen) atoms. The first-order valence-corrected chi connectivity index (χ1v) is 6.86. The van der Waals surface area contributed by atoms with Gasteiger partial charge in [-0.1, -0.05) is 19.9 Å². The van der Waals surface area contributed by atoms with Gasteiger partial charge in [0.2, 0.25) is 0 Å². The molecule has 0 aliphatic rings. The summed E-state index contributed by atoms with van der Waals surface area (Å²) in [6.07, 6.45) is 1.41. The number of halogens is 1. The zero-order valence-electron chi connectivity index (χ0n) is 11.8. The Balaban J connectivity index is 2.40. The van der Waals surface area contributed by atoms with Crippen LogP contribution in [0.25, 0.3) is 0 Å². The van der Waals surface area contributed by atoms with Gasteiger partial charge in [-0.3, -0.25) is 0 Å². The third-order valence-corrected chi connectivity index (χ3v) is 2.69. The minimum atomic E-state index is -0.326. The van der Waals surface area contributed by atoms with E-state index in [0.29, 0.717) is 25.5 Å². The van der Waals surface area contributed by atoms with E-state index in [0.717, 1.165) is 18.5 Å². The molecule has 0 saturated carbocycles. The molecule has 0 amide bonds. The molecule has 0 aliphatic heterocycles. The van der Waals surface area contributed by atoms with Crippen LogP contribution in [0.15, 0.2) is 18.2 Å². The summed E-state index contributed by atoms with van der Waals surface area (Å²) in [5.74, 6) is 0.539. The fourth-order valence-corrected chi connectivity index (χ4v) is 1.67. The third kappa shape index (κ3) is 6.55. The van der Waals surface area contributed by atoms with Crippen molar-refractivity contribution in [1.82, 2.24) is 5.32 Å². The normalized spacial score (nSPS) is 11.0. The second-order valence-corrected chi connectivity index (χ2v) is 5.07. The van der Waals surface area contributed by atoms with Crippen molar-refractivity contribution in [2.45, 2.75) is 33.2 Å². The number of hydrogen-bond acceptors (Lipinski definition) is 3. The molecule has 0 unspecified atom stereocenters. The highest BCUT2D eigenvalue weighted by Gasteiger charge is 2.05. The van der Waals surface area contributed by atoms with Crippen molar-refractivity contribution in [3.63, 3.8) is 0 Å². The van der Waals surface area contributed by atoms with E-state index in [4.69, 9.17) is 9.84 Å². The summed E-state index contributed by atoms with van der Waals surface area (Å²) in [6, 6.07) is 5.05. The number of hydrogen-bond donors (Lipinski definition) is 2. The standard InChI is InChI=1S/C15H24FNO2/c1-12(2)10-17-11-13-5-6-15(14(16)9-13)19-8-4-3-7-18/h5-6,9,12,17-18H,3-4,7-8,10-11H2,1-2H3. The van der Waals surface area contributed by atoms with Crippen molar-refractivity contribution >= 4 is 0 Å². The Kier molecular flexibility index (Phi) is 7.45. The smallest absolute Gasteiger partial charge is 0.165 e. The first-order valence-electron chi connectivity index (χ1n) is 6.86. The van der Waals surface area contributed by atoms with Crippen molar-refractivity contribution in [3.05, 3.63) is 29.6 Å². The van der Waals surface area contributed by atoms with E-state index in [-0.39, 0.29) is 18.2 Å². The van der Waals surface area contributed by atoms with Crippen LogP contribution in [0.2, 0.25) is 0 Å². The van der Waals surface area contributed by atoms with Crippen LogP contribution in [0.3, 0.4) is 0 Å².